The van der Waals surface area contributed by atoms with Gasteiger partial charge in [0.05, 0.1) is 16.5 Å². The second-order valence-corrected chi connectivity index (χ2v) is 5.41. The number of nitrogens with zero attached hydrogens (tertiary/aromatic N) is 1. The minimum absolute atomic E-state index is 0.262. The molecule has 0 heterocycles. The minimum Gasteiger partial charge on any atom is -0.383 e. The van der Waals surface area contributed by atoms with Gasteiger partial charge >= 0.3 is 0 Å². The second-order valence-electron chi connectivity index (χ2n) is 4.55. The highest BCUT2D eigenvalue weighted by Crippen LogP contribution is 2.25. The fourth-order valence-electron chi connectivity index (χ4n) is 1.97. The molecule has 2 aromatic rings. The average Bonchev–Trinajstić information content (AvgIpc) is 2.46. The van der Waals surface area contributed by atoms with Crippen molar-refractivity contribution in [2.45, 2.75) is 12.8 Å². The summed E-state index contributed by atoms with van der Waals surface area (Å²) in [5.74, 6) is -0.575. The van der Waals surface area contributed by atoms with Crippen molar-refractivity contribution in [1.29, 1.82) is 5.26 Å². The molecule has 0 saturated heterocycles. The Morgan fingerprint density at radius 2 is 2.00 bits per heavy atom. The van der Waals surface area contributed by atoms with Crippen LogP contribution in [0.4, 0.5) is 10.1 Å². The quantitative estimate of drug-likeness (QED) is 0.886. The zero-order valence-corrected chi connectivity index (χ0v) is 12.6. The number of nitriles is 1. The third kappa shape index (κ3) is 3.37. The van der Waals surface area contributed by atoms with Gasteiger partial charge in [-0.3, -0.25) is 0 Å². The van der Waals surface area contributed by atoms with Crippen LogP contribution in [0.5, 0.6) is 0 Å². The first kappa shape index (κ1) is 14.5. The van der Waals surface area contributed by atoms with E-state index in [9.17, 15) is 9.65 Å². The summed E-state index contributed by atoms with van der Waals surface area (Å²) in [4.78, 5) is 0. The Balaban J connectivity index is 2.12. The summed E-state index contributed by atoms with van der Waals surface area (Å²) >= 11 is 3.16. The lowest BCUT2D eigenvalue weighted by Gasteiger charge is -2.14. The van der Waals surface area contributed by atoms with Crippen LogP contribution in [0.2, 0.25) is 0 Å². The van der Waals surface area contributed by atoms with Crippen molar-refractivity contribution in [2.24, 2.45) is 0 Å². The number of hydrogen-bond acceptors (Lipinski definition) is 2. The molecule has 1 unspecified atom stereocenters. The summed E-state index contributed by atoms with van der Waals surface area (Å²) in [6.45, 7) is 2.35. The van der Waals surface area contributed by atoms with E-state index in [-0.39, 0.29) is 11.7 Å². The number of aryl methyl sites for hydroxylation is 1. The molecule has 0 aliphatic rings. The molecule has 0 bridgehead atoms. The number of anilines is 1. The lowest BCUT2D eigenvalue weighted by Crippen LogP contribution is -2.12. The first-order valence-corrected chi connectivity index (χ1v) is 7.05. The first-order chi connectivity index (χ1) is 9.61. The van der Waals surface area contributed by atoms with Crippen LogP contribution in [0, 0.1) is 24.1 Å². The normalized spacial score (nSPS) is 11.7. The Labute approximate surface area is 126 Å². The van der Waals surface area contributed by atoms with Gasteiger partial charge in [0.25, 0.3) is 0 Å². The van der Waals surface area contributed by atoms with Crippen LogP contribution in [-0.2, 0) is 0 Å². The topological polar surface area (TPSA) is 35.8 Å². The first-order valence-electron chi connectivity index (χ1n) is 6.26. The highest BCUT2D eigenvalue weighted by Gasteiger charge is 2.11. The molecule has 0 aliphatic carbocycles. The average molecular weight is 333 g/mol. The van der Waals surface area contributed by atoms with Crippen LogP contribution >= 0.6 is 15.9 Å². The standard InChI is InChI=1S/C16H14BrFN2/c1-11-7-14(17)15(18)8-16(11)20-10-13(9-19)12-5-3-2-4-6-12/h2-8,13,20H,10H2,1H3. The van der Waals surface area contributed by atoms with Gasteiger partial charge in [0.15, 0.2) is 0 Å². The summed E-state index contributed by atoms with van der Waals surface area (Å²) in [6, 6.07) is 15.0. The van der Waals surface area contributed by atoms with Gasteiger partial charge in [-0.15, -0.1) is 0 Å². The maximum absolute atomic E-state index is 13.5. The highest BCUT2D eigenvalue weighted by molar-refractivity contribution is 9.10. The predicted octanol–water partition coefficient (Wildman–Crippen LogP) is 4.62. The molecule has 0 amide bonds. The number of nitrogens with one attached hydrogen (secondary N) is 1. The molecule has 0 fully saturated rings. The molecule has 0 aromatic heterocycles. The zero-order valence-electron chi connectivity index (χ0n) is 11.0. The van der Waals surface area contributed by atoms with E-state index in [1.165, 1.54) is 6.07 Å². The molecule has 1 N–H and O–H groups in total. The maximum Gasteiger partial charge on any atom is 0.139 e. The van der Waals surface area contributed by atoms with E-state index in [4.69, 9.17) is 0 Å². The van der Waals surface area contributed by atoms with Crippen molar-refractivity contribution < 1.29 is 4.39 Å². The van der Waals surface area contributed by atoms with Gasteiger partial charge in [-0.25, -0.2) is 4.39 Å². The Kier molecular flexibility index (Phi) is 4.75. The van der Waals surface area contributed by atoms with Crippen molar-refractivity contribution in [2.75, 3.05) is 11.9 Å². The lowest BCUT2D eigenvalue weighted by molar-refractivity contribution is 0.621. The van der Waals surface area contributed by atoms with E-state index in [1.807, 2.05) is 37.3 Å². The monoisotopic (exact) mass is 332 g/mol. The molecule has 0 radical (unpaired) electrons. The Morgan fingerprint density at radius 1 is 1.30 bits per heavy atom. The molecule has 2 nitrogen and oxygen atoms in total. The van der Waals surface area contributed by atoms with Crippen molar-refractivity contribution >= 4 is 21.6 Å². The van der Waals surface area contributed by atoms with Gasteiger partial charge in [-0.05, 0) is 46.1 Å². The summed E-state index contributed by atoms with van der Waals surface area (Å²) < 4.78 is 14.0. The van der Waals surface area contributed by atoms with Gasteiger partial charge in [-0.1, -0.05) is 30.3 Å². The van der Waals surface area contributed by atoms with Crippen LogP contribution in [0.1, 0.15) is 17.0 Å². The summed E-state index contributed by atoms with van der Waals surface area (Å²) in [5, 5.41) is 12.4. The molecule has 102 valence electrons. The van der Waals surface area contributed by atoms with Gasteiger partial charge < -0.3 is 5.32 Å². The zero-order chi connectivity index (χ0) is 14.5. The fourth-order valence-corrected chi connectivity index (χ4v) is 2.43. The maximum atomic E-state index is 13.5. The molecule has 1 atom stereocenters. The van der Waals surface area contributed by atoms with E-state index in [2.05, 4.69) is 27.3 Å². The molecule has 20 heavy (non-hydrogen) atoms. The molecule has 2 rings (SSSR count). The lowest BCUT2D eigenvalue weighted by atomic mass is 10.0. The highest BCUT2D eigenvalue weighted by atomic mass is 79.9. The van der Waals surface area contributed by atoms with Crippen molar-refractivity contribution in [3.05, 3.63) is 63.9 Å². The smallest absolute Gasteiger partial charge is 0.139 e. The van der Waals surface area contributed by atoms with Crippen LogP contribution < -0.4 is 5.32 Å². The third-order valence-electron chi connectivity index (χ3n) is 3.12. The molecule has 0 aliphatic heterocycles. The summed E-state index contributed by atoms with van der Waals surface area (Å²) in [5.41, 5.74) is 2.60. The molecular formula is C16H14BrFN2. The molecule has 0 saturated carbocycles. The SMILES string of the molecule is Cc1cc(Br)c(F)cc1NCC(C#N)c1ccccc1. The van der Waals surface area contributed by atoms with Gasteiger partial charge in [-0.2, -0.15) is 5.26 Å². The Morgan fingerprint density at radius 3 is 2.65 bits per heavy atom. The van der Waals surface area contributed by atoms with Gasteiger partial charge in [0.1, 0.15) is 5.82 Å². The molecule has 0 spiro atoms. The fraction of sp³-hybridized carbons (Fsp3) is 0.188. The number of hydrogen-bond donors (Lipinski definition) is 1. The van der Waals surface area contributed by atoms with Crippen molar-refractivity contribution in [1.82, 2.24) is 0 Å². The van der Waals surface area contributed by atoms with Crippen LogP contribution in [0.3, 0.4) is 0 Å². The Bertz CT molecular complexity index is 635. The molecule has 2 aromatic carbocycles. The second kappa shape index (κ2) is 6.53. The molecule has 4 heteroatoms. The van der Waals surface area contributed by atoms with E-state index in [0.717, 1.165) is 11.1 Å². The predicted molar refractivity (Wildman–Crippen MR) is 82.1 cm³/mol. The van der Waals surface area contributed by atoms with Gasteiger partial charge in [0, 0.05) is 12.2 Å². The number of rotatable bonds is 4. The van der Waals surface area contributed by atoms with Crippen molar-refractivity contribution in [3.63, 3.8) is 0 Å². The van der Waals surface area contributed by atoms with E-state index in [1.54, 1.807) is 6.07 Å². The van der Waals surface area contributed by atoms with E-state index in [0.29, 0.717) is 16.7 Å². The van der Waals surface area contributed by atoms with E-state index < -0.39 is 0 Å². The Hall–Kier alpha value is -1.86. The van der Waals surface area contributed by atoms with E-state index >= 15 is 0 Å². The number of benzene rings is 2. The number of halogens is 2. The minimum atomic E-state index is -0.314. The van der Waals surface area contributed by atoms with Crippen LogP contribution in [0.15, 0.2) is 46.9 Å². The van der Waals surface area contributed by atoms with Crippen molar-refractivity contribution in [3.8, 4) is 6.07 Å². The molecular weight excluding hydrogens is 319 g/mol. The van der Waals surface area contributed by atoms with Crippen LogP contribution in [0.25, 0.3) is 0 Å². The summed E-state index contributed by atoms with van der Waals surface area (Å²) in [6.07, 6.45) is 0. The van der Waals surface area contributed by atoms with Gasteiger partial charge in [0.2, 0.25) is 0 Å². The third-order valence-corrected chi connectivity index (χ3v) is 3.73. The largest absolute Gasteiger partial charge is 0.383 e. The van der Waals surface area contributed by atoms with Crippen LogP contribution in [-0.4, -0.2) is 6.54 Å². The summed E-state index contributed by atoms with van der Waals surface area (Å²) in [7, 11) is 0.